The van der Waals surface area contributed by atoms with Gasteiger partial charge < -0.3 is 20.1 Å². The van der Waals surface area contributed by atoms with Crippen molar-refractivity contribution >= 4 is 29.3 Å². The van der Waals surface area contributed by atoms with Crippen molar-refractivity contribution in [1.82, 2.24) is 20.5 Å². The number of benzene rings is 2. The zero-order valence-corrected chi connectivity index (χ0v) is 18.0. The maximum Gasteiger partial charge on any atom is 0.251 e. The molecule has 0 saturated carbocycles. The molecule has 0 bridgehead atoms. The molecule has 0 aliphatic heterocycles. The molecule has 0 spiro atoms. The molecule has 2 aromatic carbocycles. The number of aromatic amines is 1. The summed E-state index contributed by atoms with van der Waals surface area (Å²) < 4.78 is 10.5. The number of ether oxygens (including phenoxy) is 2. The lowest BCUT2D eigenvalue weighted by Gasteiger charge is -2.06. The van der Waals surface area contributed by atoms with Gasteiger partial charge in [0.25, 0.3) is 5.91 Å². The molecule has 1 heterocycles. The smallest absolute Gasteiger partial charge is 0.251 e. The second-order valence-corrected chi connectivity index (χ2v) is 7.21. The lowest BCUT2D eigenvalue weighted by atomic mass is 10.2. The number of hydrogen-bond acceptors (Lipinski definition) is 7. The zero-order valence-electron chi connectivity index (χ0n) is 17.2. The van der Waals surface area contributed by atoms with E-state index in [1.807, 2.05) is 6.92 Å². The number of thioether (sulfide) groups is 1. The van der Waals surface area contributed by atoms with Gasteiger partial charge in [-0.2, -0.15) is 0 Å². The second kappa shape index (κ2) is 11.0. The zero-order chi connectivity index (χ0) is 22.1. The molecule has 3 rings (SSSR count). The van der Waals surface area contributed by atoms with Crippen molar-refractivity contribution in [3.8, 4) is 11.5 Å². The highest BCUT2D eigenvalue weighted by atomic mass is 32.2. The first-order valence-electron chi connectivity index (χ1n) is 9.56. The highest BCUT2D eigenvalue weighted by Gasteiger charge is 2.10. The van der Waals surface area contributed by atoms with Gasteiger partial charge in [0.15, 0.2) is 0 Å². The van der Waals surface area contributed by atoms with Gasteiger partial charge in [-0.1, -0.05) is 11.8 Å². The summed E-state index contributed by atoms with van der Waals surface area (Å²) in [5.41, 5.74) is 1.20. The molecule has 0 radical (unpaired) electrons. The van der Waals surface area contributed by atoms with Crippen LogP contribution in [0.3, 0.4) is 0 Å². The number of anilines is 1. The largest absolute Gasteiger partial charge is 0.497 e. The van der Waals surface area contributed by atoms with Crippen LogP contribution >= 0.6 is 11.8 Å². The van der Waals surface area contributed by atoms with E-state index in [1.54, 1.807) is 55.6 Å². The average Bonchev–Trinajstić information content (AvgIpc) is 3.25. The molecule has 0 unspecified atom stereocenters. The molecular weight excluding hydrogens is 418 g/mol. The van der Waals surface area contributed by atoms with Crippen molar-refractivity contribution in [2.75, 3.05) is 24.8 Å². The normalized spacial score (nSPS) is 10.4. The van der Waals surface area contributed by atoms with E-state index in [0.29, 0.717) is 34.6 Å². The molecule has 2 amide bonds. The lowest BCUT2D eigenvalue weighted by Crippen LogP contribution is -2.23. The molecule has 0 aliphatic rings. The van der Waals surface area contributed by atoms with Gasteiger partial charge >= 0.3 is 0 Å². The minimum atomic E-state index is -0.233. The number of rotatable bonds is 10. The van der Waals surface area contributed by atoms with Crippen LogP contribution in [-0.4, -0.2) is 46.5 Å². The summed E-state index contributed by atoms with van der Waals surface area (Å²) >= 11 is 1.20. The SMILES string of the molecule is CCOc1ccc(NC(=O)CSc2n[nH]c(CNC(=O)c3ccc(OC)cc3)n2)cc1. The van der Waals surface area contributed by atoms with E-state index in [1.165, 1.54) is 11.8 Å². The quantitative estimate of drug-likeness (QED) is 0.414. The van der Waals surface area contributed by atoms with Crippen molar-refractivity contribution in [3.63, 3.8) is 0 Å². The van der Waals surface area contributed by atoms with Gasteiger partial charge in [-0.3, -0.25) is 14.7 Å². The van der Waals surface area contributed by atoms with Gasteiger partial charge in [-0.05, 0) is 55.5 Å². The lowest BCUT2D eigenvalue weighted by molar-refractivity contribution is -0.113. The molecule has 3 aromatic rings. The van der Waals surface area contributed by atoms with E-state index in [2.05, 4.69) is 25.8 Å². The Hall–Kier alpha value is -3.53. The molecule has 3 N–H and O–H groups in total. The molecular formula is C21H23N5O4S. The van der Waals surface area contributed by atoms with Crippen molar-refractivity contribution < 1.29 is 19.1 Å². The molecule has 162 valence electrons. The molecule has 0 atom stereocenters. The van der Waals surface area contributed by atoms with Crippen LogP contribution in [-0.2, 0) is 11.3 Å². The van der Waals surface area contributed by atoms with E-state index in [-0.39, 0.29) is 24.1 Å². The van der Waals surface area contributed by atoms with Crippen molar-refractivity contribution in [1.29, 1.82) is 0 Å². The van der Waals surface area contributed by atoms with Gasteiger partial charge in [0.2, 0.25) is 11.1 Å². The molecule has 0 saturated heterocycles. The van der Waals surface area contributed by atoms with E-state index in [4.69, 9.17) is 9.47 Å². The van der Waals surface area contributed by atoms with Gasteiger partial charge in [-0.15, -0.1) is 5.10 Å². The Morgan fingerprint density at radius 3 is 2.45 bits per heavy atom. The Morgan fingerprint density at radius 1 is 1.06 bits per heavy atom. The van der Waals surface area contributed by atoms with Gasteiger partial charge in [0.1, 0.15) is 17.3 Å². The molecule has 0 fully saturated rings. The molecule has 31 heavy (non-hydrogen) atoms. The number of carbonyl (C=O) groups excluding carboxylic acids is 2. The third-order valence-corrected chi connectivity index (χ3v) is 4.91. The highest BCUT2D eigenvalue weighted by molar-refractivity contribution is 7.99. The first kappa shape index (κ1) is 22.2. The summed E-state index contributed by atoms with van der Waals surface area (Å²) in [5, 5.41) is 12.8. The van der Waals surface area contributed by atoms with Crippen LogP contribution < -0.4 is 20.1 Å². The fraction of sp³-hybridized carbons (Fsp3) is 0.238. The summed E-state index contributed by atoms with van der Waals surface area (Å²) in [7, 11) is 1.57. The van der Waals surface area contributed by atoms with Gasteiger partial charge in [0, 0.05) is 11.3 Å². The number of aromatic nitrogens is 3. The number of amides is 2. The fourth-order valence-electron chi connectivity index (χ4n) is 2.56. The van der Waals surface area contributed by atoms with Gasteiger partial charge in [-0.25, -0.2) is 4.98 Å². The fourth-order valence-corrected chi connectivity index (χ4v) is 3.18. The standard InChI is InChI=1S/C21H23N5O4S/c1-3-30-17-10-6-15(7-11-17)23-19(27)13-31-21-24-18(25-26-21)12-22-20(28)14-4-8-16(29-2)9-5-14/h4-11H,3,12-13H2,1-2H3,(H,22,28)(H,23,27)(H,24,25,26). The summed E-state index contributed by atoms with van der Waals surface area (Å²) in [5.74, 6) is 1.68. The number of H-pyrrole nitrogens is 1. The highest BCUT2D eigenvalue weighted by Crippen LogP contribution is 2.17. The summed E-state index contributed by atoms with van der Waals surface area (Å²) in [6, 6.07) is 14.0. The molecule has 10 heteroatoms. The molecule has 1 aromatic heterocycles. The van der Waals surface area contributed by atoms with Crippen LogP contribution in [0.1, 0.15) is 23.1 Å². The third kappa shape index (κ3) is 6.75. The van der Waals surface area contributed by atoms with Crippen LogP contribution in [0.2, 0.25) is 0 Å². The van der Waals surface area contributed by atoms with Crippen LogP contribution in [0.4, 0.5) is 5.69 Å². The third-order valence-electron chi connectivity index (χ3n) is 4.06. The maximum absolute atomic E-state index is 12.2. The Morgan fingerprint density at radius 2 is 1.77 bits per heavy atom. The Labute approximate surface area is 183 Å². The van der Waals surface area contributed by atoms with E-state index < -0.39 is 0 Å². The Kier molecular flexibility index (Phi) is 7.88. The Bertz CT molecular complexity index is 1010. The second-order valence-electron chi connectivity index (χ2n) is 6.27. The topological polar surface area (TPSA) is 118 Å². The minimum absolute atomic E-state index is 0.155. The van der Waals surface area contributed by atoms with Crippen molar-refractivity contribution in [2.24, 2.45) is 0 Å². The number of carbonyl (C=O) groups is 2. The van der Waals surface area contributed by atoms with Crippen LogP contribution in [0, 0.1) is 0 Å². The van der Waals surface area contributed by atoms with Crippen molar-refractivity contribution in [2.45, 2.75) is 18.6 Å². The van der Waals surface area contributed by atoms with Crippen LogP contribution in [0.25, 0.3) is 0 Å². The number of methoxy groups -OCH3 is 1. The van der Waals surface area contributed by atoms with E-state index in [9.17, 15) is 9.59 Å². The number of hydrogen-bond donors (Lipinski definition) is 3. The number of nitrogens with one attached hydrogen (secondary N) is 3. The first-order valence-corrected chi connectivity index (χ1v) is 10.5. The molecule has 0 aliphatic carbocycles. The monoisotopic (exact) mass is 441 g/mol. The Balaban J connectivity index is 1.42. The number of nitrogens with zero attached hydrogens (tertiary/aromatic N) is 2. The summed E-state index contributed by atoms with van der Waals surface area (Å²) in [6.07, 6.45) is 0. The summed E-state index contributed by atoms with van der Waals surface area (Å²) in [4.78, 5) is 28.6. The van der Waals surface area contributed by atoms with E-state index in [0.717, 1.165) is 5.75 Å². The first-order chi connectivity index (χ1) is 15.1. The van der Waals surface area contributed by atoms with Crippen LogP contribution in [0.15, 0.2) is 53.7 Å². The maximum atomic E-state index is 12.2. The predicted octanol–water partition coefficient (Wildman–Crippen LogP) is 2.87. The van der Waals surface area contributed by atoms with E-state index >= 15 is 0 Å². The molecule has 9 nitrogen and oxygen atoms in total. The predicted molar refractivity (Wildman–Crippen MR) is 118 cm³/mol. The summed E-state index contributed by atoms with van der Waals surface area (Å²) in [6.45, 7) is 2.69. The van der Waals surface area contributed by atoms with Crippen LogP contribution in [0.5, 0.6) is 11.5 Å². The minimum Gasteiger partial charge on any atom is -0.497 e. The van der Waals surface area contributed by atoms with Gasteiger partial charge in [0.05, 0.1) is 26.0 Å². The average molecular weight is 442 g/mol. The van der Waals surface area contributed by atoms with Crippen molar-refractivity contribution in [3.05, 3.63) is 59.9 Å².